The first-order valence-electron chi connectivity index (χ1n) is 8.75. The van der Waals surface area contributed by atoms with Crippen molar-refractivity contribution in [2.24, 2.45) is 7.05 Å². The van der Waals surface area contributed by atoms with Gasteiger partial charge in [-0.2, -0.15) is 5.10 Å². The van der Waals surface area contributed by atoms with Crippen molar-refractivity contribution < 1.29 is 8.78 Å². The van der Waals surface area contributed by atoms with Gasteiger partial charge in [0.05, 0.1) is 30.8 Å². The number of nitrogens with zero attached hydrogens (tertiary/aromatic N) is 7. The zero-order chi connectivity index (χ0) is 20.0. The van der Waals surface area contributed by atoms with Crippen LogP contribution in [0.1, 0.15) is 5.56 Å². The van der Waals surface area contributed by atoms with E-state index in [4.69, 9.17) is 0 Å². The van der Waals surface area contributed by atoms with E-state index >= 15 is 0 Å². The Labute approximate surface area is 162 Å². The van der Waals surface area contributed by atoms with Gasteiger partial charge in [0.1, 0.15) is 11.2 Å². The normalized spacial score (nSPS) is 11.4. The Balaban J connectivity index is 1.50. The quantitative estimate of drug-likeness (QED) is 0.508. The van der Waals surface area contributed by atoms with Crippen molar-refractivity contribution >= 4 is 11.2 Å². The molecule has 0 fully saturated rings. The summed E-state index contributed by atoms with van der Waals surface area (Å²) in [5.41, 5.74) is 4.22. The van der Waals surface area contributed by atoms with Crippen molar-refractivity contribution in [3.8, 4) is 22.5 Å². The van der Waals surface area contributed by atoms with E-state index in [0.717, 1.165) is 11.6 Å². The molecule has 0 unspecified atom stereocenters. The van der Waals surface area contributed by atoms with Crippen LogP contribution in [0, 0.1) is 11.6 Å². The highest BCUT2D eigenvalue weighted by Gasteiger charge is 2.15. The second-order valence-corrected chi connectivity index (χ2v) is 6.57. The van der Waals surface area contributed by atoms with Crippen LogP contribution < -0.4 is 0 Å². The number of aryl methyl sites for hydroxylation is 1. The average molecular weight is 392 g/mol. The van der Waals surface area contributed by atoms with Crippen LogP contribution in [0.2, 0.25) is 0 Å². The van der Waals surface area contributed by atoms with Gasteiger partial charge in [-0.25, -0.2) is 23.4 Å². The number of aromatic nitrogens is 8. The second kappa shape index (κ2) is 6.59. The molecule has 10 heteroatoms. The molecule has 0 atom stereocenters. The SMILES string of the molecule is Cn1cc(-c2cnc3[nH]cc(-c4cn(Cc5cccc(F)c5F)nn4)c3n2)cn1. The number of nitrogens with one attached hydrogen (secondary N) is 1. The Morgan fingerprint density at radius 2 is 2.00 bits per heavy atom. The first kappa shape index (κ1) is 17.2. The third-order valence-electron chi connectivity index (χ3n) is 4.56. The van der Waals surface area contributed by atoms with E-state index < -0.39 is 11.6 Å². The Morgan fingerprint density at radius 1 is 1.10 bits per heavy atom. The fraction of sp³-hybridized carbons (Fsp3) is 0.105. The zero-order valence-electron chi connectivity index (χ0n) is 15.2. The van der Waals surface area contributed by atoms with E-state index in [0.29, 0.717) is 28.1 Å². The third kappa shape index (κ3) is 3.04. The molecule has 4 heterocycles. The molecular weight excluding hydrogens is 378 g/mol. The van der Waals surface area contributed by atoms with Gasteiger partial charge in [-0.15, -0.1) is 5.10 Å². The van der Waals surface area contributed by atoms with Crippen LogP contribution in [0.15, 0.2) is 49.2 Å². The Kier molecular flexibility index (Phi) is 3.90. The molecule has 5 aromatic rings. The monoisotopic (exact) mass is 392 g/mol. The first-order chi connectivity index (χ1) is 14.1. The van der Waals surface area contributed by atoms with Crippen molar-refractivity contribution in [2.45, 2.75) is 6.54 Å². The van der Waals surface area contributed by atoms with Crippen molar-refractivity contribution in [1.29, 1.82) is 0 Å². The van der Waals surface area contributed by atoms with Crippen LogP contribution in [0.25, 0.3) is 33.7 Å². The van der Waals surface area contributed by atoms with E-state index in [1.54, 1.807) is 29.5 Å². The molecular formula is C19H14F2N8. The maximum Gasteiger partial charge on any atom is 0.163 e. The number of H-pyrrole nitrogens is 1. The molecule has 144 valence electrons. The van der Waals surface area contributed by atoms with Gasteiger partial charge in [0.15, 0.2) is 17.3 Å². The van der Waals surface area contributed by atoms with Gasteiger partial charge in [0.25, 0.3) is 0 Å². The van der Waals surface area contributed by atoms with E-state index in [2.05, 4.69) is 30.4 Å². The molecule has 8 nitrogen and oxygen atoms in total. The summed E-state index contributed by atoms with van der Waals surface area (Å²) < 4.78 is 30.5. The minimum absolute atomic E-state index is 0.0611. The van der Waals surface area contributed by atoms with Gasteiger partial charge < -0.3 is 4.98 Å². The summed E-state index contributed by atoms with van der Waals surface area (Å²) in [5, 5.41) is 12.3. The van der Waals surface area contributed by atoms with Crippen LogP contribution in [-0.2, 0) is 13.6 Å². The molecule has 0 radical (unpaired) electrons. The molecule has 29 heavy (non-hydrogen) atoms. The van der Waals surface area contributed by atoms with Crippen LogP contribution >= 0.6 is 0 Å². The summed E-state index contributed by atoms with van der Waals surface area (Å²) in [7, 11) is 1.83. The second-order valence-electron chi connectivity index (χ2n) is 6.57. The Hall–Kier alpha value is -3.95. The predicted molar refractivity (Wildman–Crippen MR) is 101 cm³/mol. The lowest BCUT2D eigenvalue weighted by Crippen LogP contribution is -2.03. The highest BCUT2D eigenvalue weighted by Crippen LogP contribution is 2.27. The molecule has 4 aromatic heterocycles. The lowest BCUT2D eigenvalue weighted by Gasteiger charge is -2.03. The molecule has 5 rings (SSSR count). The third-order valence-corrected chi connectivity index (χ3v) is 4.56. The number of rotatable bonds is 4. The van der Waals surface area contributed by atoms with Crippen LogP contribution in [-0.4, -0.2) is 39.7 Å². The number of hydrogen-bond donors (Lipinski definition) is 1. The van der Waals surface area contributed by atoms with Gasteiger partial charge in [0.2, 0.25) is 0 Å². The zero-order valence-corrected chi connectivity index (χ0v) is 15.2. The molecule has 0 saturated carbocycles. The molecule has 0 spiro atoms. The molecule has 0 saturated heterocycles. The molecule has 0 aliphatic carbocycles. The highest BCUT2D eigenvalue weighted by molar-refractivity contribution is 5.90. The molecule has 0 aliphatic heterocycles. The Morgan fingerprint density at radius 3 is 2.83 bits per heavy atom. The number of halogens is 2. The number of hydrogen-bond acceptors (Lipinski definition) is 5. The average Bonchev–Trinajstić information content (AvgIpc) is 3.44. The summed E-state index contributed by atoms with van der Waals surface area (Å²) in [6.07, 6.45) is 8.64. The fourth-order valence-corrected chi connectivity index (χ4v) is 3.12. The van der Waals surface area contributed by atoms with Gasteiger partial charge in [-0.1, -0.05) is 17.3 Å². The first-order valence-corrected chi connectivity index (χ1v) is 8.75. The van der Waals surface area contributed by atoms with Gasteiger partial charge in [-0.3, -0.25) is 4.68 Å². The van der Waals surface area contributed by atoms with Crippen molar-refractivity contribution in [1.82, 2.24) is 39.7 Å². The lowest BCUT2D eigenvalue weighted by molar-refractivity contribution is 0.490. The fourth-order valence-electron chi connectivity index (χ4n) is 3.12. The summed E-state index contributed by atoms with van der Waals surface area (Å²) in [6.45, 7) is 0.0611. The van der Waals surface area contributed by atoms with Gasteiger partial charge in [0, 0.05) is 36.1 Å². The van der Waals surface area contributed by atoms with Crippen molar-refractivity contribution in [2.75, 3.05) is 0 Å². The summed E-state index contributed by atoms with van der Waals surface area (Å²) in [6, 6.07) is 4.05. The largest absolute Gasteiger partial charge is 0.344 e. The Bertz CT molecular complexity index is 1330. The van der Waals surface area contributed by atoms with Crippen molar-refractivity contribution in [3.05, 3.63) is 66.4 Å². The number of fused-ring (bicyclic) bond motifs is 1. The highest BCUT2D eigenvalue weighted by atomic mass is 19.2. The molecule has 1 aromatic carbocycles. The van der Waals surface area contributed by atoms with Gasteiger partial charge in [-0.05, 0) is 6.07 Å². The maximum absolute atomic E-state index is 13.9. The van der Waals surface area contributed by atoms with Crippen LogP contribution in [0.4, 0.5) is 8.78 Å². The molecule has 1 N–H and O–H groups in total. The van der Waals surface area contributed by atoms with E-state index in [9.17, 15) is 8.78 Å². The predicted octanol–water partition coefficient (Wildman–Crippen LogP) is 2.94. The topological polar surface area (TPSA) is 90.1 Å². The van der Waals surface area contributed by atoms with Crippen molar-refractivity contribution in [3.63, 3.8) is 0 Å². The number of aromatic amines is 1. The lowest BCUT2D eigenvalue weighted by atomic mass is 10.2. The van der Waals surface area contributed by atoms with E-state index in [-0.39, 0.29) is 12.1 Å². The summed E-state index contributed by atoms with van der Waals surface area (Å²) in [4.78, 5) is 12.2. The molecule has 0 bridgehead atoms. The summed E-state index contributed by atoms with van der Waals surface area (Å²) >= 11 is 0. The number of benzene rings is 1. The molecule has 0 aliphatic rings. The van der Waals surface area contributed by atoms with E-state index in [1.165, 1.54) is 16.8 Å². The van der Waals surface area contributed by atoms with E-state index in [1.807, 2.05) is 13.2 Å². The summed E-state index contributed by atoms with van der Waals surface area (Å²) in [5.74, 6) is -1.78. The van der Waals surface area contributed by atoms with Crippen LogP contribution in [0.5, 0.6) is 0 Å². The standard InChI is InChI=1S/C19H14F2N8/c1-28-8-12(5-24-28)15-7-23-19-18(25-15)13(6-22-19)16-10-29(27-26-16)9-11-3-2-4-14(20)17(11)21/h2-8,10H,9H2,1H3,(H,22,23). The minimum atomic E-state index is -0.891. The van der Waals surface area contributed by atoms with Crippen LogP contribution in [0.3, 0.4) is 0 Å². The molecule has 0 amide bonds. The maximum atomic E-state index is 13.9. The smallest absolute Gasteiger partial charge is 0.163 e. The minimum Gasteiger partial charge on any atom is -0.344 e. The van der Waals surface area contributed by atoms with Gasteiger partial charge >= 0.3 is 0 Å².